The van der Waals surface area contributed by atoms with Crippen molar-refractivity contribution in [2.24, 2.45) is 0 Å². The molecule has 0 aliphatic carbocycles. The fourth-order valence-electron chi connectivity index (χ4n) is 3.67. The van der Waals surface area contributed by atoms with Gasteiger partial charge in [-0.3, -0.25) is 0 Å². The first-order chi connectivity index (χ1) is 15.5. The number of aromatic nitrogens is 2. The SMILES string of the molecule is COc1ccc(-c2noc(-c3oc4ccc(S(=O)(=O)N5CCSCC5)cc4c3C)n2)cc1. The Balaban J connectivity index is 1.49. The molecule has 0 saturated carbocycles. The van der Waals surface area contributed by atoms with E-state index in [2.05, 4.69) is 10.1 Å². The molecule has 0 amide bonds. The molecule has 10 heteroatoms. The van der Waals surface area contributed by atoms with Gasteiger partial charge in [-0.1, -0.05) is 5.16 Å². The molecular weight excluding hydrogens is 450 g/mol. The third-order valence-electron chi connectivity index (χ3n) is 5.48. The zero-order valence-corrected chi connectivity index (χ0v) is 19.2. The molecule has 3 heterocycles. The lowest BCUT2D eigenvalue weighted by molar-refractivity contribution is 0.414. The van der Waals surface area contributed by atoms with Gasteiger partial charge in [-0.25, -0.2) is 8.42 Å². The van der Waals surface area contributed by atoms with Crippen LogP contribution in [0.15, 0.2) is 56.3 Å². The number of methoxy groups -OCH3 is 1. The second kappa shape index (κ2) is 8.27. The summed E-state index contributed by atoms with van der Waals surface area (Å²) in [4.78, 5) is 4.73. The maximum absolute atomic E-state index is 13.1. The van der Waals surface area contributed by atoms with Crippen molar-refractivity contribution in [3.8, 4) is 28.8 Å². The van der Waals surface area contributed by atoms with Crippen LogP contribution in [0.2, 0.25) is 0 Å². The number of nitrogens with zero attached hydrogens (tertiary/aromatic N) is 3. The zero-order chi connectivity index (χ0) is 22.3. The molecule has 0 bridgehead atoms. The van der Waals surface area contributed by atoms with Crippen LogP contribution < -0.4 is 4.74 Å². The van der Waals surface area contributed by atoms with Crippen LogP contribution in [-0.4, -0.2) is 54.6 Å². The number of benzene rings is 2. The van der Waals surface area contributed by atoms with Crippen molar-refractivity contribution < 1.29 is 22.1 Å². The molecule has 5 rings (SSSR count). The van der Waals surface area contributed by atoms with E-state index in [4.69, 9.17) is 13.7 Å². The van der Waals surface area contributed by atoms with E-state index in [1.807, 2.05) is 31.2 Å². The van der Waals surface area contributed by atoms with Gasteiger partial charge in [-0.2, -0.15) is 21.1 Å². The number of aryl methyl sites for hydroxylation is 1. The summed E-state index contributed by atoms with van der Waals surface area (Å²) in [6.07, 6.45) is 0. The number of sulfonamides is 1. The Labute approximate surface area is 189 Å². The van der Waals surface area contributed by atoms with Crippen molar-refractivity contribution in [1.82, 2.24) is 14.4 Å². The number of furan rings is 1. The van der Waals surface area contributed by atoms with Gasteiger partial charge in [0.1, 0.15) is 11.3 Å². The Morgan fingerprint density at radius 3 is 2.56 bits per heavy atom. The molecule has 0 atom stereocenters. The molecule has 32 heavy (non-hydrogen) atoms. The molecule has 0 radical (unpaired) electrons. The quantitative estimate of drug-likeness (QED) is 0.427. The monoisotopic (exact) mass is 471 g/mol. The van der Waals surface area contributed by atoms with Crippen LogP contribution in [0.25, 0.3) is 34.0 Å². The fraction of sp³-hybridized carbons (Fsp3) is 0.273. The Morgan fingerprint density at radius 1 is 1.09 bits per heavy atom. The van der Waals surface area contributed by atoms with Crippen molar-refractivity contribution >= 4 is 32.8 Å². The average molecular weight is 472 g/mol. The fourth-order valence-corrected chi connectivity index (χ4v) is 6.28. The summed E-state index contributed by atoms with van der Waals surface area (Å²) in [5.74, 6) is 3.44. The highest BCUT2D eigenvalue weighted by atomic mass is 32.2. The van der Waals surface area contributed by atoms with Gasteiger partial charge in [0, 0.05) is 41.1 Å². The molecule has 1 aliphatic rings. The topological polar surface area (TPSA) is 98.7 Å². The number of hydrogen-bond donors (Lipinski definition) is 0. The number of ether oxygens (including phenoxy) is 1. The number of thioether (sulfide) groups is 1. The van der Waals surface area contributed by atoms with Crippen molar-refractivity contribution in [3.63, 3.8) is 0 Å². The van der Waals surface area contributed by atoms with Crippen LogP contribution in [0, 0.1) is 6.92 Å². The summed E-state index contributed by atoms with van der Waals surface area (Å²) in [5.41, 5.74) is 2.09. The normalized spacial score (nSPS) is 15.3. The molecule has 1 fully saturated rings. The standard InChI is InChI=1S/C22H21N3O5S2/c1-14-18-13-17(32(26,27)25-9-11-31-12-10-25)7-8-19(18)29-20(14)22-23-21(24-30-22)15-3-5-16(28-2)6-4-15/h3-8,13H,9-12H2,1-2H3. The molecule has 1 saturated heterocycles. The molecule has 1 aliphatic heterocycles. The van der Waals surface area contributed by atoms with E-state index in [0.717, 1.165) is 28.4 Å². The van der Waals surface area contributed by atoms with E-state index in [9.17, 15) is 8.42 Å². The Morgan fingerprint density at radius 2 is 1.84 bits per heavy atom. The van der Waals surface area contributed by atoms with Gasteiger partial charge in [-0.15, -0.1) is 0 Å². The van der Waals surface area contributed by atoms with Crippen LogP contribution in [0.3, 0.4) is 0 Å². The minimum absolute atomic E-state index is 0.238. The van der Waals surface area contributed by atoms with Crippen molar-refractivity contribution in [2.75, 3.05) is 31.7 Å². The molecule has 166 valence electrons. The third-order valence-corrected chi connectivity index (χ3v) is 8.32. The van der Waals surface area contributed by atoms with Crippen molar-refractivity contribution in [3.05, 3.63) is 48.0 Å². The van der Waals surface area contributed by atoms with Crippen LogP contribution in [0.4, 0.5) is 0 Å². The summed E-state index contributed by atoms with van der Waals surface area (Å²) in [6, 6.07) is 12.3. The first-order valence-electron chi connectivity index (χ1n) is 10.1. The van der Waals surface area contributed by atoms with E-state index in [1.54, 1.807) is 41.4 Å². The molecule has 2 aromatic carbocycles. The highest BCUT2D eigenvalue weighted by Gasteiger charge is 2.27. The molecule has 0 unspecified atom stereocenters. The maximum Gasteiger partial charge on any atom is 0.294 e. The lowest BCUT2D eigenvalue weighted by Crippen LogP contribution is -2.37. The minimum atomic E-state index is -3.55. The second-order valence-corrected chi connectivity index (χ2v) is 10.5. The van der Waals surface area contributed by atoms with Gasteiger partial charge in [0.05, 0.1) is 12.0 Å². The summed E-state index contributed by atoms with van der Waals surface area (Å²) < 4.78 is 44.2. The van der Waals surface area contributed by atoms with Gasteiger partial charge in [0.25, 0.3) is 5.89 Å². The van der Waals surface area contributed by atoms with Crippen molar-refractivity contribution in [1.29, 1.82) is 0 Å². The van der Waals surface area contributed by atoms with E-state index in [0.29, 0.717) is 35.6 Å². The van der Waals surface area contributed by atoms with Crippen LogP contribution in [-0.2, 0) is 10.0 Å². The largest absolute Gasteiger partial charge is 0.497 e. The van der Waals surface area contributed by atoms with Gasteiger partial charge < -0.3 is 13.7 Å². The molecule has 8 nitrogen and oxygen atoms in total. The van der Waals surface area contributed by atoms with Crippen molar-refractivity contribution in [2.45, 2.75) is 11.8 Å². The first-order valence-corrected chi connectivity index (χ1v) is 12.7. The van der Waals surface area contributed by atoms with E-state index < -0.39 is 10.0 Å². The summed E-state index contributed by atoms with van der Waals surface area (Å²) in [5, 5.41) is 4.76. The van der Waals surface area contributed by atoms with E-state index in [-0.39, 0.29) is 10.8 Å². The minimum Gasteiger partial charge on any atom is -0.497 e. The van der Waals surface area contributed by atoms with Gasteiger partial charge in [0.15, 0.2) is 5.76 Å². The molecule has 2 aromatic heterocycles. The predicted octanol–water partition coefficient (Wildman–Crippen LogP) is 4.20. The number of fused-ring (bicyclic) bond motifs is 1. The molecule has 4 aromatic rings. The third kappa shape index (κ3) is 3.68. The summed E-state index contributed by atoms with van der Waals surface area (Å²) in [7, 11) is -1.94. The molecule has 0 N–H and O–H groups in total. The highest BCUT2D eigenvalue weighted by molar-refractivity contribution is 7.99. The second-order valence-electron chi connectivity index (χ2n) is 7.38. The van der Waals surface area contributed by atoms with Gasteiger partial charge in [0.2, 0.25) is 15.8 Å². The van der Waals surface area contributed by atoms with Crippen LogP contribution >= 0.6 is 11.8 Å². The van der Waals surface area contributed by atoms with Crippen LogP contribution in [0.5, 0.6) is 5.75 Å². The molecule has 0 spiro atoms. The summed E-state index contributed by atoms with van der Waals surface area (Å²) >= 11 is 1.77. The Hall–Kier alpha value is -2.82. The number of hydrogen-bond acceptors (Lipinski definition) is 8. The highest BCUT2D eigenvalue weighted by Crippen LogP contribution is 2.35. The molecular formula is C22H21N3O5S2. The lowest BCUT2D eigenvalue weighted by Gasteiger charge is -2.25. The van der Waals surface area contributed by atoms with Gasteiger partial charge >= 0.3 is 0 Å². The number of rotatable bonds is 5. The first kappa shape index (κ1) is 21.0. The summed E-state index contributed by atoms with van der Waals surface area (Å²) in [6.45, 7) is 2.90. The predicted molar refractivity (Wildman–Crippen MR) is 122 cm³/mol. The van der Waals surface area contributed by atoms with E-state index >= 15 is 0 Å². The van der Waals surface area contributed by atoms with Crippen LogP contribution in [0.1, 0.15) is 5.56 Å². The Bertz CT molecular complexity index is 1370. The average Bonchev–Trinajstić information content (AvgIpc) is 3.44. The van der Waals surface area contributed by atoms with E-state index in [1.165, 1.54) is 0 Å². The maximum atomic E-state index is 13.1. The van der Waals surface area contributed by atoms with Gasteiger partial charge in [-0.05, 0) is 49.4 Å². The zero-order valence-electron chi connectivity index (χ0n) is 17.6. The smallest absolute Gasteiger partial charge is 0.294 e. The lowest BCUT2D eigenvalue weighted by atomic mass is 10.1. The Kier molecular flexibility index (Phi) is 5.44.